The molecule has 2 heteroatoms. The van der Waals surface area contributed by atoms with E-state index >= 15 is 0 Å². The van der Waals surface area contributed by atoms with E-state index in [-0.39, 0.29) is 0 Å². The van der Waals surface area contributed by atoms with Crippen molar-refractivity contribution in [1.82, 2.24) is 0 Å². The first-order valence-corrected chi connectivity index (χ1v) is 5.10. The van der Waals surface area contributed by atoms with Gasteiger partial charge in [0.15, 0.2) is 0 Å². The third kappa shape index (κ3) is 2.09. The summed E-state index contributed by atoms with van der Waals surface area (Å²) in [5.41, 5.74) is 0. The molecule has 0 atom stereocenters. The quantitative estimate of drug-likeness (QED) is 0.804. The van der Waals surface area contributed by atoms with Gasteiger partial charge in [-0.3, -0.25) is 0 Å². The molecule has 0 fully saturated rings. The van der Waals surface area contributed by atoms with Gasteiger partial charge in [0.05, 0.1) is 4.90 Å². The van der Waals surface area contributed by atoms with Crippen molar-refractivity contribution in [2.45, 2.75) is 9.79 Å². The molecule has 69 valence electrons. The second-order valence-electron chi connectivity index (χ2n) is 2.80. The molecule has 0 aliphatic rings. The molecule has 2 aromatic carbocycles. The van der Waals surface area contributed by atoms with Crippen LogP contribution in [0.4, 0.5) is 0 Å². The fourth-order valence-electron chi connectivity index (χ4n) is 1.10. The summed E-state index contributed by atoms with van der Waals surface area (Å²) in [6.45, 7) is 0. The maximum atomic E-state index is 9.54. The maximum absolute atomic E-state index is 9.54. The number of hydrogen-bond acceptors (Lipinski definition) is 2. The summed E-state index contributed by atoms with van der Waals surface area (Å²) in [4.78, 5) is 1.86. The van der Waals surface area contributed by atoms with E-state index in [1.54, 1.807) is 6.07 Å². The number of phenolic OH excluding ortho intramolecular Hbond substituents is 1. The topological polar surface area (TPSA) is 20.2 Å². The Labute approximate surface area is 87.4 Å². The third-order valence-corrected chi connectivity index (χ3v) is 2.80. The molecule has 0 aliphatic heterocycles. The van der Waals surface area contributed by atoms with Crippen molar-refractivity contribution >= 4 is 11.8 Å². The molecule has 1 N–H and O–H groups in total. The Kier molecular flexibility index (Phi) is 2.75. The van der Waals surface area contributed by atoms with Crippen LogP contribution in [0.15, 0.2) is 58.3 Å². The lowest BCUT2D eigenvalue weighted by molar-refractivity contribution is 0.462. The minimum atomic E-state index is 0.315. The highest BCUT2D eigenvalue weighted by Gasteiger charge is 2.00. The van der Waals surface area contributed by atoms with Gasteiger partial charge in [-0.25, -0.2) is 0 Å². The summed E-state index contributed by atoms with van der Waals surface area (Å²) in [7, 11) is 0. The van der Waals surface area contributed by atoms with E-state index in [4.69, 9.17) is 0 Å². The van der Waals surface area contributed by atoms with Crippen molar-refractivity contribution in [3.05, 3.63) is 54.6 Å². The Morgan fingerprint density at radius 1 is 1.00 bits per heavy atom. The largest absolute Gasteiger partial charge is 0.507 e. The van der Waals surface area contributed by atoms with E-state index in [9.17, 15) is 5.11 Å². The second-order valence-corrected chi connectivity index (χ2v) is 3.88. The fourth-order valence-corrected chi connectivity index (χ4v) is 1.93. The average Bonchev–Trinajstić information content (AvgIpc) is 2.23. The molecule has 2 aromatic rings. The molecule has 0 aromatic heterocycles. The van der Waals surface area contributed by atoms with E-state index < -0.39 is 0 Å². The van der Waals surface area contributed by atoms with Gasteiger partial charge in [-0.1, -0.05) is 42.1 Å². The number of rotatable bonds is 2. The van der Waals surface area contributed by atoms with E-state index in [1.807, 2.05) is 42.5 Å². The van der Waals surface area contributed by atoms with Crippen LogP contribution in [0.25, 0.3) is 0 Å². The van der Waals surface area contributed by atoms with E-state index in [1.165, 1.54) is 11.8 Å². The monoisotopic (exact) mass is 201 g/mol. The minimum Gasteiger partial charge on any atom is -0.507 e. The molecule has 0 aliphatic carbocycles. The molecule has 0 unspecified atom stereocenters. The molecule has 0 bridgehead atoms. The summed E-state index contributed by atoms with van der Waals surface area (Å²) in [5, 5.41) is 9.54. The van der Waals surface area contributed by atoms with Crippen molar-refractivity contribution in [2.24, 2.45) is 0 Å². The second kappa shape index (κ2) is 4.20. The highest BCUT2D eigenvalue weighted by molar-refractivity contribution is 7.99. The van der Waals surface area contributed by atoms with Gasteiger partial charge in [0.25, 0.3) is 0 Å². The smallest absolute Gasteiger partial charge is 0.129 e. The van der Waals surface area contributed by atoms with Crippen molar-refractivity contribution < 1.29 is 5.11 Å². The molecule has 14 heavy (non-hydrogen) atoms. The van der Waals surface area contributed by atoms with Crippen LogP contribution in [0.5, 0.6) is 5.75 Å². The summed E-state index contributed by atoms with van der Waals surface area (Å²) in [6.07, 6.45) is 0. The van der Waals surface area contributed by atoms with Gasteiger partial charge in [-0.15, -0.1) is 0 Å². The first-order valence-electron chi connectivity index (χ1n) is 4.29. The van der Waals surface area contributed by atoms with Crippen LogP contribution in [0.3, 0.4) is 0 Å². The number of aromatic hydroxyl groups is 1. The first kappa shape index (κ1) is 9.16. The molecule has 0 spiro atoms. The van der Waals surface area contributed by atoms with Gasteiger partial charge in [-0.2, -0.15) is 0 Å². The Hall–Kier alpha value is -1.41. The van der Waals surface area contributed by atoms with Crippen LogP contribution in [-0.4, -0.2) is 5.11 Å². The van der Waals surface area contributed by atoms with Crippen molar-refractivity contribution in [1.29, 1.82) is 0 Å². The lowest BCUT2D eigenvalue weighted by atomic mass is 10.3. The lowest BCUT2D eigenvalue weighted by Gasteiger charge is -2.02. The molecule has 2 rings (SSSR count). The maximum Gasteiger partial charge on any atom is 0.129 e. The zero-order valence-electron chi connectivity index (χ0n) is 7.47. The van der Waals surface area contributed by atoms with Crippen molar-refractivity contribution in [2.75, 3.05) is 0 Å². The predicted octanol–water partition coefficient (Wildman–Crippen LogP) is 3.34. The zero-order valence-corrected chi connectivity index (χ0v) is 8.29. The normalized spacial score (nSPS) is 10.0. The number of benzene rings is 2. The number of hydrogen-bond donors (Lipinski definition) is 1. The summed E-state index contributed by atoms with van der Waals surface area (Å²) in [6, 6.07) is 18.1. The van der Waals surface area contributed by atoms with Gasteiger partial charge in [0, 0.05) is 4.90 Å². The molecule has 1 nitrogen and oxygen atoms in total. The number of phenols is 1. The Bertz CT molecular complexity index is 412. The highest BCUT2D eigenvalue weighted by Crippen LogP contribution is 2.33. The molecule has 1 radical (unpaired) electrons. The first-order chi connectivity index (χ1) is 6.86. The van der Waals surface area contributed by atoms with E-state index in [2.05, 4.69) is 6.07 Å². The van der Waals surface area contributed by atoms with Gasteiger partial charge in [0.2, 0.25) is 0 Å². The molecule has 0 saturated heterocycles. The van der Waals surface area contributed by atoms with Gasteiger partial charge in [0.1, 0.15) is 5.75 Å². The fraction of sp³-hybridized carbons (Fsp3) is 0. The van der Waals surface area contributed by atoms with Gasteiger partial charge < -0.3 is 5.11 Å². The predicted molar refractivity (Wildman–Crippen MR) is 57.5 cm³/mol. The van der Waals surface area contributed by atoms with Crippen LogP contribution in [0, 0.1) is 6.07 Å². The van der Waals surface area contributed by atoms with Crippen LogP contribution >= 0.6 is 11.8 Å². The molecule has 0 amide bonds. The van der Waals surface area contributed by atoms with Crippen molar-refractivity contribution in [3.8, 4) is 5.75 Å². The summed E-state index contributed by atoms with van der Waals surface area (Å²) in [5.74, 6) is 0.315. The lowest BCUT2D eigenvalue weighted by Crippen LogP contribution is -1.74. The summed E-state index contributed by atoms with van der Waals surface area (Å²) < 4.78 is 0. The molecular formula is C12H9OS. The molecular weight excluding hydrogens is 192 g/mol. The van der Waals surface area contributed by atoms with Crippen LogP contribution < -0.4 is 0 Å². The van der Waals surface area contributed by atoms with Crippen LogP contribution in [0.2, 0.25) is 0 Å². The Morgan fingerprint density at radius 2 is 1.79 bits per heavy atom. The van der Waals surface area contributed by atoms with Crippen molar-refractivity contribution in [3.63, 3.8) is 0 Å². The van der Waals surface area contributed by atoms with Crippen LogP contribution in [-0.2, 0) is 0 Å². The average molecular weight is 201 g/mol. The highest BCUT2D eigenvalue weighted by atomic mass is 32.2. The third-order valence-electron chi connectivity index (χ3n) is 1.77. The van der Waals surface area contributed by atoms with E-state index in [0.717, 1.165) is 9.79 Å². The Morgan fingerprint density at radius 3 is 2.50 bits per heavy atom. The van der Waals surface area contributed by atoms with Gasteiger partial charge in [-0.05, 0) is 24.3 Å². The SMILES string of the molecule is Oc1ccccc1Sc1[c]cccc1. The molecule has 0 saturated carbocycles. The zero-order chi connectivity index (χ0) is 9.80. The Balaban J connectivity index is 2.24. The minimum absolute atomic E-state index is 0.315. The molecule has 0 heterocycles. The van der Waals surface area contributed by atoms with E-state index in [0.29, 0.717) is 5.75 Å². The standard InChI is InChI=1S/C12H9OS/c13-11-8-4-5-9-12(11)14-10-6-2-1-3-7-10/h1-6,8-9,13H. The van der Waals surface area contributed by atoms with Gasteiger partial charge >= 0.3 is 0 Å². The number of para-hydroxylation sites is 1. The summed E-state index contributed by atoms with van der Waals surface area (Å²) >= 11 is 1.51. The van der Waals surface area contributed by atoms with Crippen LogP contribution in [0.1, 0.15) is 0 Å².